The summed E-state index contributed by atoms with van der Waals surface area (Å²) in [5, 5.41) is 17.4. The van der Waals surface area contributed by atoms with Crippen LogP contribution in [-0.4, -0.2) is 27.3 Å². The molecule has 0 aliphatic rings. The van der Waals surface area contributed by atoms with E-state index in [2.05, 4.69) is 10.4 Å². The van der Waals surface area contributed by atoms with Gasteiger partial charge in [0.25, 0.3) is 5.91 Å². The molecule has 2 aromatic rings. The topological polar surface area (TPSA) is 67.2 Å². The van der Waals surface area contributed by atoms with Crippen molar-refractivity contribution in [2.24, 2.45) is 0 Å². The zero-order valence-electron chi connectivity index (χ0n) is 14.0. The molecule has 5 nitrogen and oxygen atoms in total. The predicted molar refractivity (Wildman–Crippen MR) is 90.3 cm³/mol. The number of amides is 1. The Morgan fingerprint density at radius 1 is 1.30 bits per heavy atom. The summed E-state index contributed by atoms with van der Waals surface area (Å²) >= 11 is 0. The Kier molecular flexibility index (Phi) is 5.93. The number of hydrogen-bond donors (Lipinski definition) is 2. The quantitative estimate of drug-likeness (QED) is 0.825. The van der Waals surface area contributed by atoms with Crippen molar-refractivity contribution in [2.45, 2.75) is 45.8 Å². The Morgan fingerprint density at radius 2 is 2.00 bits per heavy atom. The van der Waals surface area contributed by atoms with E-state index in [1.807, 2.05) is 51.1 Å². The van der Waals surface area contributed by atoms with Gasteiger partial charge >= 0.3 is 0 Å². The number of nitrogens with one attached hydrogen (secondary N) is 1. The molecule has 0 fully saturated rings. The molecule has 1 unspecified atom stereocenters. The zero-order chi connectivity index (χ0) is 16.8. The van der Waals surface area contributed by atoms with Crippen molar-refractivity contribution in [1.29, 1.82) is 0 Å². The van der Waals surface area contributed by atoms with E-state index in [0.29, 0.717) is 18.5 Å². The number of aliphatic hydroxyl groups excluding tert-OH is 1. The average Bonchev–Trinajstić information content (AvgIpc) is 3.00. The molecular weight excluding hydrogens is 290 g/mol. The Labute approximate surface area is 137 Å². The third-order valence-electron chi connectivity index (χ3n) is 3.79. The lowest BCUT2D eigenvalue weighted by molar-refractivity contribution is 0.0941. The van der Waals surface area contributed by atoms with Crippen molar-refractivity contribution < 1.29 is 9.90 Å². The molecule has 0 radical (unpaired) electrons. The van der Waals surface area contributed by atoms with Crippen LogP contribution in [0.1, 0.15) is 60.8 Å². The number of carbonyl (C=O) groups is 1. The van der Waals surface area contributed by atoms with Crippen LogP contribution in [0.3, 0.4) is 0 Å². The van der Waals surface area contributed by atoms with E-state index >= 15 is 0 Å². The SMILES string of the molecule is CCn1cc(C(=O)NCCC(O)c2ccccc2)c(C(C)C)n1. The summed E-state index contributed by atoms with van der Waals surface area (Å²) in [5.74, 6) is 0.0621. The molecule has 5 heteroatoms. The minimum absolute atomic E-state index is 0.131. The van der Waals surface area contributed by atoms with E-state index < -0.39 is 6.10 Å². The maximum Gasteiger partial charge on any atom is 0.254 e. The lowest BCUT2D eigenvalue weighted by atomic mass is 10.1. The number of hydrogen-bond acceptors (Lipinski definition) is 3. The highest BCUT2D eigenvalue weighted by Crippen LogP contribution is 2.18. The molecule has 1 heterocycles. The summed E-state index contributed by atoms with van der Waals surface area (Å²) in [4.78, 5) is 12.4. The van der Waals surface area contributed by atoms with Crippen LogP contribution in [-0.2, 0) is 6.54 Å². The van der Waals surface area contributed by atoms with Gasteiger partial charge in [-0.05, 0) is 24.8 Å². The highest BCUT2D eigenvalue weighted by molar-refractivity contribution is 5.95. The Balaban J connectivity index is 1.94. The minimum Gasteiger partial charge on any atom is -0.388 e. The van der Waals surface area contributed by atoms with Gasteiger partial charge in [0.05, 0.1) is 17.4 Å². The first-order valence-electron chi connectivity index (χ1n) is 8.11. The van der Waals surface area contributed by atoms with Crippen LogP contribution < -0.4 is 5.32 Å². The van der Waals surface area contributed by atoms with Crippen LogP contribution in [0.25, 0.3) is 0 Å². The van der Waals surface area contributed by atoms with Crippen LogP contribution in [0.5, 0.6) is 0 Å². The van der Waals surface area contributed by atoms with E-state index in [9.17, 15) is 9.90 Å². The van der Waals surface area contributed by atoms with Gasteiger partial charge in [-0.1, -0.05) is 44.2 Å². The maximum absolute atomic E-state index is 12.4. The Morgan fingerprint density at radius 3 is 2.61 bits per heavy atom. The number of aliphatic hydroxyl groups is 1. The third-order valence-corrected chi connectivity index (χ3v) is 3.79. The molecule has 2 rings (SSSR count). The van der Waals surface area contributed by atoms with E-state index in [1.165, 1.54) is 0 Å². The number of nitrogens with zero attached hydrogens (tertiary/aromatic N) is 2. The van der Waals surface area contributed by atoms with E-state index in [1.54, 1.807) is 10.9 Å². The van der Waals surface area contributed by atoms with Crippen molar-refractivity contribution in [3.05, 3.63) is 53.3 Å². The average molecular weight is 315 g/mol. The first kappa shape index (κ1) is 17.2. The maximum atomic E-state index is 12.4. The molecule has 0 bridgehead atoms. The number of aryl methyl sites for hydroxylation is 1. The molecule has 0 aliphatic heterocycles. The predicted octanol–water partition coefficient (Wildman–Crippen LogP) is 2.88. The first-order valence-corrected chi connectivity index (χ1v) is 8.11. The summed E-state index contributed by atoms with van der Waals surface area (Å²) in [6.07, 6.45) is 1.70. The number of carbonyl (C=O) groups excluding carboxylic acids is 1. The number of aromatic nitrogens is 2. The van der Waals surface area contributed by atoms with Gasteiger partial charge in [-0.15, -0.1) is 0 Å². The van der Waals surface area contributed by atoms with Crippen LogP contribution in [0.15, 0.2) is 36.5 Å². The molecule has 0 aliphatic carbocycles. The molecule has 1 aromatic heterocycles. The molecule has 0 spiro atoms. The van der Waals surface area contributed by atoms with Crippen LogP contribution in [0.2, 0.25) is 0 Å². The molecule has 1 aromatic carbocycles. The van der Waals surface area contributed by atoms with Crippen LogP contribution >= 0.6 is 0 Å². The second-order valence-electron chi connectivity index (χ2n) is 5.91. The van der Waals surface area contributed by atoms with Crippen molar-refractivity contribution in [3.63, 3.8) is 0 Å². The molecule has 23 heavy (non-hydrogen) atoms. The van der Waals surface area contributed by atoms with Gasteiger partial charge in [0.1, 0.15) is 0 Å². The fraction of sp³-hybridized carbons (Fsp3) is 0.444. The van der Waals surface area contributed by atoms with Gasteiger partial charge in [-0.3, -0.25) is 9.48 Å². The van der Waals surface area contributed by atoms with Crippen molar-refractivity contribution >= 4 is 5.91 Å². The number of benzene rings is 1. The summed E-state index contributed by atoms with van der Waals surface area (Å²) in [6, 6.07) is 9.47. The van der Waals surface area contributed by atoms with E-state index in [4.69, 9.17) is 0 Å². The van der Waals surface area contributed by atoms with Crippen molar-refractivity contribution in [2.75, 3.05) is 6.54 Å². The van der Waals surface area contributed by atoms with Gasteiger partial charge in [0.2, 0.25) is 0 Å². The van der Waals surface area contributed by atoms with Gasteiger partial charge in [0, 0.05) is 19.3 Å². The summed E-state index contributed by atoms with van der Waals surface area (Å²) < 4.78 is 1.78. The van der Waals surface area contributed by atoms with Crippen LogP contribution in [0.4, 0.5) is 0 Å². The largest absolute Gasteiger partial charge is 0.388 e. The van der Waals surface area contributed by atoms with Gasteiger partial charge in [-0.2, -0.15) is 5.10 Å². The summed E-state index contributed by atoms with van der Waals surface area (Å²) in [5.41, 5.74) is 2.30. The summed E-state index contributed by atoms with van der Waals surface area (Å²) in [6.45, 7) is 7.20. The normalized spacial score (nSPS) is 12.4. The van der Waals surface area contributed by atoms with Gasteiger partial charge in [0.15, 0.2) is 0 Å². The van der Waals surface area contributed by atoms with Crippen LogP contribution in [0, 0.1) is 0 Å². The first-order chi connectivity index (χ1) is 11.0. The molecule has 0 saturated carbocycles. The smallest absolute Gasteiger partial charge is 0.254 e. The standard InChI is InChI=1S/C18H25N3O2/c1-4-21-12-15(17(20-21)13(2)3)18(23)19-11-10-16(22)14-8-6-5-7-9-14/h5-9,12-13,16,22H,4,10-11H2,1-3H3,(H,19,23). The summed E-state index contributed by atoms with van der Waals surface area (Å²) in [7, 11) is 0. The minimum atomic E-state index is -0.570. The van der Waals surface area contributed by atoms with Gasteiger partial charge in [-0.25, -0.2) is 0 Å². The second kappa shape index (κ2) is 7.92. The van der Waals surface area contributed by atoms with Gasteiger partial charge < -0.3 is 10.4 Å². The number of rotatable bonds is 7. The molecular formula is C18H25N3O2. The zero-order valence-corrected chi connectivity index (χ0v) is 14.0. The van der Waals surface area contributed by atoms with E-state index in [0.717, 1.165) is 17.8 Å². The third kappa shape index (κ3) is 4.42. The Bertz CT molecular complexity index is 635. The van der Waals surface area contributed by atoms with E-state index in [-0.39, 0.29) is 11.8 Å². The molecule has 124 valence electrons. The highest BCUT2D eigenvalue weighted by Gasteiger charge is 2.18. The molecule has 1 amide bonds. The van der Waals surface area contributed by atoms with Crippen molar-refractivity contribution in [3.8, 4) is 0 Å². The monoisotopic (exact) mass is 315 g/mol. The molecule has 1 atom stereocenters. The lowest BCUT2D eigenvalue weighted by Crippen LogP contribution is -2.26. The fourth-order valence-electron chi connectivity index (χ4n) is 2.46. The Hall–Kier alpha value is -2.14. The second-order valence-corrected chi connectivity index (χ2v) is 5.91. The molecule has 2 N–H and O–H groups in total. The highest BCUT2D eigenvalue weighted by atomic mass is 16.3. The lowest BCUT2D eigenvalue weighted by Gasteiger charge is -2.12. The fourth-order valence-corrected chi connectivity index (χ4v) is 2.46. The molecule has 0 saturated heterocycles. The van der Waals surface area contributed by atoms with Crippen molar-refractivity contribution in [1.82, 2.24) is 15.1 Å².